The van der Waals surface area contributed by atoms with Crippen molar-refractivity contribution in [2.45, 2.75) is 38.2 Å². The number of anilines is 1. The van der Waals surface area contributed by atoms with Crippen molar-refractivity contribution in [3.05, 3.63) is 65.7 Å². The molecule has 1 N–H and O–H groups in total. The molecule has 0 bridgehead atoms. The Labute approximate surface area is 202 Å². The number of para-hydroxylation sites is 2. The van der Waals surface area contributed by atoms with Gasteiger partial charge in [-0.3, -0.25) is 4.79 Å². The molecular weight excluding hydrogens is 450 g/mol. The van der Waals surface area contributed by atoms with Gasteiger partial charge in [-0.2, -0.15) is 0 Å². The fourth-order valence-corrected chi connectivity index (χ4v) is 4.58. The van der Waals surface area contributed by atoms with Crippen molar-refractivity contribution in [2.24, 2.45) is 0 Å². The third-order valence-electron chi connectivity index (χ3n) is 5.15. The van der Waals surface area contributed by atoms with E-state index in [0.29, 0.717) is 22.9 Å². The number of imidazole rings is 1. The molecule has 0 aliphatic rings. The summed E-state index contributed by atoms with van der Waals surface area (Å²) in [5, 5.41) is 3.63. The van der Waals surface area contributed by atoms with Crippen LogP contribution in [0.5, 0.6) is 11.5 Å². The predicted molar refractivity (Wildman–Crippen MR) is 134 cm³/mol. The first-order valence-corrected chi connectivity index (χ1v) is 11.9. The molecule has 34 heavy (non-hydrogen) atoms. The SMILES string of the molecule is CCn1c(CSc2nc(C)cc(C)n2)nc2cc(NC(=O)COc3ccccc3OC)ccc21. The average molecular weight is 478 g/mol. The fraction of sp³-hybridized carbons (Fsp3) is 0.280. The lowest BCUT2D eigenvalue weighted by molar-refractivity contribution is -0.118. The Balaban J connectivity index is 1.45. The van der Waals surface area contributed by atoms with Gasteiger partial charge in [-0.1, -0.05) is 23.9 Å². The lowest BCUT2D eigenvalue weighted by Gasteiger charge is -2.10. The molecule has 9 heteroatoms. The Kier molecular flexibility index (Phi) is 7.32. The molecule has 1 amide bonds. The number of nitrogens with one attached hydrogen (secondary N) is 1. The van der Waals surface area contributed by atoms with Crippen LogP contribution in [-0.4, -0.2) is 39.1 Å². The summed E-state index contributed by atoms with van der Waals surface area (Å²) in [5.74, 6) is 2.43. The first kappa shape index (κ1) is 23.6. The fourth-order valence-electron chi connectivity index (χ4n) is 3.69. The van der Waals surface area contributed by atoms with E-state index >= 15 is 0 Å². The summed E-state index contributed by atoms with van der Waals surface area (Å²) in [6.45, 7) is 6.69. The number of nitrogens with zero attached hydrogens (tertiary/aromatic N) is 4. The highest BCUT2D eigenvalue weighted by molar-refractivity contribution is 7.98. The number of ether oxygens (including phenoxy) is 2. The second-order valence-corrected chi connectivity index (χ2v) is 8.63. The number of aromatic nitrogens is 4. The van der Waals surface area contributed by atoms with E-state index in [0.717, 1.165) is 39.9 Å². The molecule has 0 atom stereocenters. The van der Waals surface area contributed by atoms with E-state index < -0.39 is 0 Å². The highest BCUT2D eigenvalue weighted by atomic mass is 32.2. The Morgan fingerprint density at radius 2 is 1.76 bits per heavy atom. The van der Waals surface area contributed by atoms with Gasteiger partial charge in [0.1, 0.15) is 5.82 Å². The monoisotopic (exact) mass is 477 g/mol. The number of hydrogen-bond donors (Lipinski definition) is 1. The van der Waals surface area contributed by atoms with E-state index in [1.807, 2.05) is 50.2 Å². The third-order valence-corrected chi connectivity index (χ3v) is 5.99. The molecule has 8 nitrogen and oxygen atoms in total. The molecule has 2 aromatic carbocycles. The van der Waals surface area contributed by atoms with Gasteiger partial charge in [0.15, 0.2) is 23.3 Å². The topological polar surface area (TPSA) is 91.2 Å². The highest BCUT2D eigenvalue weighted by Gasteiger charge is 2.13. The molecule has 176 valence electrons. The summed E-state index contributed by atoms with van der Waals surface area (Å²) in [6, 6.07) is 14.9. The first-order valence-electron chi connectivity index (χ1n) is 11.0. The van der Waals surface area contributed by atoms with Crippen molar-refractivity contribution < 1.29 is 14.3 Å². The predicted octanol–water partition coefficient (Wildman–Crippen LogP) is 4.78. The number of benzene rings is 2. The van der Waals surface area contributed by atoms with Crippen LogP contribution in [0.4, 0.5) is 5.69 Å². The van der Waals surface area contributed by atoms with Gasteiger partial charge in [0.25, 0.3) is 5.91 Å². The molecule has 0 saturated heterocycles. The molecule has 2 heterocycles. The molecule has 0 fully saturated rings. The number of thioether (sulfide) groups is 1. The number of carbonyl (C=O) groups is 1. The van der Waals surface area contributed by atoms with Gasteiger partial charge in [0.05, 0.1) is 23.9 Å². The normalized spacial score (nSPS) is 10.9. The van der Waals surface area contributed by atoms with Crippen molar-refractivity contribution in [1.82, 2.24) is 19.5 Å². The van der Waals surface area contributed by atoms with Gasteiger partial charge in [-0.05, 0) is 57.2 Å². The van der Waals surface area contributed by atoms with Crippen LogP contribution in [0.1, 0.15) is 24.1 Å². The van der Waals surface area contributed by atoms with Gasteiger partial charge in [0, 0.05) is 23.6 Å². The molecule has 0 saturated carbocycles. The van der Waals surface area contributed by atoms with Crippen LogP contribution in [0.2, 0.25) is 0 Å². The summed E-state index contributed by atoms with van der Waals surface area (Å²) in [4.78, 5) is 26.3. The molecule has 4 rings (SSSR count). The summed E-state index contributed by atoms with van der Waals surface area (Å²) < 4.78 is 13.0. The van der Waals surface area contributed by atoms with Crippen molar-refractivity contribution >= 4 is 34.4 Å². The smallest absolute Gasteiger partial charge is 0.262 e. The Bertz CT molecular complexity index is 1300. The number of hydrogen-bond acceptors (Lipinski definition) is 7. The van der Waals surface area contributed by atoms with E-state index in [-0.39, 0.29) is 12.5 Å². The molecule has 0 unspecified atom stereocenters. The van der Waals surface area contributed by atoms with Gasteiger partial charge < -0.3 is 19.4 Å². The minimum atomic E-state index is -0.261. The molecule has 2 aromatic heterocycles. The average Bonchev–Trinajstić information content (AvgIpc) is 3.17. The minimum absolute atomic E-state index is 0.125. The number of rotatable bonds is 9. The van der Waals surface area contributed by atoms with Crippen LogP contribution in [0.15, 0.2) is 53.7 Å². The molecule has 0 aliphatic carbocycles. The van der Waals surface area contributed by atoms with Gasteiger partial charge in [0.2, 0.25) is 0 Å². The lowest BCUT2D eigenvalue weighted by atomic mass is 10.2. The number of fused-ring (bicyclic) bond motifs is 1. The molecule has 0 spiro atoms. The van der Waals surface area contributed by atoms with Crippen LogP contribution in [0.3, 0.4) is 0 Å². The number of aryl methyl sites for hydroxylation is 3. The van der Waals surface area contributed by atoms with E-state index in [9.17, 15) is 4.79 Å². The second-order valence-electron chi connectivity index (χ2n) is 7.69. The van der Waals surface area contributed by atoms with Crippen molar-refractivity contribution in [3.63, 3.8) is 0 Å². The summed E-state index contributed by atoms with van der Waals surface area (Å²) >= 11 is 1.57. The zero-order chi connectivity index (χ0) is 24.1. The number of methoxy groups -OCH3 is 1. The first-order chi connectivity index (χ1) is 16.5. The van der Waals surface area contributed by atoms with Crippen LogP contribution >= 0.6 is 11.8 Å². The van der Waals surface area contributed by atoms with Crippen LogP contribution < -0.4 is 14.8 Å². The van der Waals surface area contributed by atoms with E-state index in [4.69, 9.17) is 14.5 Å². The van der Waals surface area contributed by atoms with Crippen LogP contribution in [-0.2, 0) is 17.1 Å². The maximum atomic E-state index is 12.4. The zero-order valence-electron chi connectivity index (χ0n) is 19.7. The zero-order valence-corrected chi connectivity index (χ0v) is 20.5. The van der Waals surface area contributed by atoms with Crippen molar-refractivity contribution in [2.75, 3.05) is 19.0 Å². The standard InChI is InChI=1S/C25H27N5O3S/c1-5-30-20-11-10-18(28-24(31)14-33-22-9-7-6-8-21(22)32-4)13-19(20)29-23(30)15-34-25-26-16(2)12-17(3)27-25/h6-13H,5,14-15H2,1-4H3,(H,28,31). The Morgan fingerprint density at radius 1 is 1.03 bits per heavy atom. The maximum absolute atomic E-state index is 12.4. The largest absolute Gasteiger partial charge is 0.493 e. The summed E-state index contributed by atoms with van der Waals surface area (Å²) in [7, 11) is 1.56. The number of carbonyl (C=O) groups excluding carboxylic acids is 1. The van der Waals surface area contributed by atoms with Crippen LogP contribution in [0, 0.1) is 13.8 Å². The molecular formula is C25H27N5O3S. The summed E-state index contributed by atoms with van der Waals surface area (Å²) in [5.41, 5.74) is 4.41. The van der Waals surface area contributed by atoms with Gasteiger partial charge in [-0.15, -0.1) is 0 Å². The van der Waals surface area contributed by atoms with E-state index in [1.165, 1.54) is 0 Å². The Hall–Kier alpha value is -3.59. The maximum Gasteiger partial charge on any atom is 0.262 e. The molecule has 4 aromatic rings. The second kappa shape index (κ2) is 10.6. The van der Waals surface area contributed by atoms with Crippen molar-refractivity contribution in [1.29, 1.82) is 0 Å². The lowest BCUT2D eigenvalue weighted by Crippen LogP contribution is -2.20. The van der Waals surface area contributed by atoms with E-state index in [2.05, 4.69) is 26.8 Å². The van der Waals surface area contributed by atoms with Gasteiger partial charge in [-0.25, -0.2) is 15.0 Å². The van der Waals surface area contributed by atoms with E-state index in [1.54, 1.807) is 31.0 Å². The molecule has 0 radical (unpaired) electrons. The Morgan fingerprint density at radius 3 is 2.47 bits per heavy atom. The third kappa shape index (κ3) is 5.48. The summed E-state index contributed by atoms with van der Waals surface area (Å²) in [6.07, 6.45) is 0. The molecule has 0 aliphatic heterocycles. The van der Waals surface area contributed by atoms with Crippen LogP contribution in [0.25, 0.3) is 11.0 Å². The highest BCUT2D eigenvalue weighted by Crippen LogP contribution is 2.27. The minimum Gasteiger partial charge on any atom is -0.493 e. The van der Waals surface area contributed by atoms with Crippen molar-refractivity contribution in [3.8, 4) is 11.5 Å². The number of amides is 1. The quantitative estimate of drug-likeness (QED) is 0.274. The van der Waals surface area contributed by atoms with Gasteiger partial charge >= 0.3 is 0 Å².